The Labute approximate surface area is 234 Å². The predicted molar refractivity (Wildman–Crippen MR) is 158 cm³/mol. The van der Waals surface area contributed by atoms with Gasteiger partial charge in [-0.25, -0.2) is 0 Å². The van der Waals surface area contributed by atoms with Gasteiger partial charge in [-0.15, -0.1) is 0 Å². The minimum absolute atomic E-state index is 0.130. The van der Waals surface area contributed by atoms with Crippen LogP contribution in [0.1, 0.15) is 131 Å². The normalized spacial score (nSPS) is 39.4. The molecule has 0 heterocycles. The van der Waals surface area contributed by atoms with Crippen molar-refractivity contribution in [2.24, 2.45) is 51.5 Å². The van der Waals surface area contributed by atoms with Crippen molar-refractivity contribution in [1.82, 2.24) is 0 Å². The zero-order valence-electron chi connectivity index (χ0n) is 25.6. The Kier molecular flexibility index (Phi) is 10.1. The summed E-state index contributed by atoms with van der Waals surface area (Å²) in [5, 5.41) is 25.5. The summed E-state index contributed by atoms with van der Waals surface area (Å²) < 4.78 is 0. The molecule has 0 aromatic carbocycles. The Balaban J connectivity index is 1.29. The van der Waals surface area contributed by atoms with Gasteiger partial charge in [0.05, 0.1) is 17.9 Å². The van der Waals surface area contributed by atoms with Crippen LogP contribution in [0.3, 0.4) is 0 Å². The first-order chi connectivity index (χ1) is 18.1. The Morgan fingerprint density at radius 1 is 1.05 bits per heavy atom. The lowest BCUT2D eigenvalue weighted by Crippen LogP contribution is -2.50. The van der Waals surface area contributed by atoms with Crippen molar-refractivity contribution in [3.05, 3.63) is 11.6 Å². The number of aliphatic hydroxyl groups excluding tert-OH is 2. The van der Waals surface area contributed by atoms with Crippen LogP contribution in [0.5, 0.6) is 0 Å². The number of hydrogen-bond acceptors (Lipinski definition) is 4. The van der Waals surface area contributed by atoms with Crippen LogP contribution in [0.25, 0.3) is 0 Å². The molecule has 0 spiro atoms. The molecule has 3 saturated carbocycles. The summed E-state index contributed by atoms with van der Waals surface area (Å²) in [6, 6.07) is 0. The fourth-order valence-corrected chi connectivity index (χ4v) is 9.52. The minimum Gasteiger partial charge on any atom is -0.393 e. The number of nitrogens with zero attached hydrogens (tertiary/aromatic N) is 1. The van der Waals surface area contributed by atoms with Gasteiger partial charge in [0.15, 0.2) is 0 Å². The number of hydrogen-bond donors (Lipinski definition) is 2. The number of unbranched alkanes of at least 4 members (excludes halogenated alkanes) is 3. The van der Waals surface area contributed by atoms with Crippen molar-refractivity contribution < 1.29 is 15.1 Å². The maximum atomic E-state index is 10.6. The summed E-state index contributed by atoms with van der Waals surface area (Å²) >= 11 is 0. The molecule has 4 heteroatoms. The molecule has 0 radical (unpaired) electrons. The molecule has 0 aromatic heterocycles. The average molecular weight is 530 g/mol. The van der Waals surface area contributed by atoms with Crippen molar-refractivity contribution in [3.8, 4) is 0 Å². The molecule has 10 atom stereocenters. The second-order valence-corrected chi connectivity index (χ2v) is 14.6. The van der Waals surface area contributed by atoms with Gasteiger partial charge in [-0.05, 0) is 105 Å². The Hall–Kier alpha value is -0.870. The minimum atomic E-state index is -0.444. The van der Waals surface area contributed by atoms with Crippen molar-refractivity contribution in [1.29, 1.82) is 0 Å². The number of aliphatic hydroxyl groups is 2. The molecular weight excluding hydrogens is 470 g/mol. The highest BCUT2D eigenvalue weighted by atomic mass is 16.6. The topological polar surface area (TPSA) is 62.0 Å². The van der Waals surface area contributed by atoms with Crippen LogP contribution in [-0.4, -0.2) is 34.7 Å². The second-order valence-electron chi connectivity index (χ2n) is 14.6. The standard InChI is InChI=1S/C34H59NO3/c1-7-8-9-10-11-23(2)24(3)20-28(37)22-38-35-25(4)30-14-15-31-29-13-12-26-21-27(36)16-18-33(26,5)32(29)17-19-34(30,31)6/h12,23-24,27-32,36-37H,7-11,13-22H2,1-6H3. The highest BCUT2D eigenvalue weighted by Crippen LogP contribution is 2.66. The fraction of sp³-hybridized carbons (Fsp3) is 0.912. The first-order valence-electron chi connectivity index (χ1n) is 16.3. The zero-order valence-corrected chi connectivity index (χ0v) is 25.6. The van der Waals surface area contributed by atoms with Crippen molar-refractivity contribution in [3.63, 3.8) is 0 Å². The number of rotatable bonds is 12. The maximum Gasteiger partial charge on any atom is 0.143 e. The van der Waals surface area contributed by atoms with Gasteiger partial charge in [-0.2, -0.15) is 0 Å². The quantitative estimate of drug-likeness (QED) is 0.116. The van der Waals surface area contributed by atoms with Crippen LogP contribution in [0.4, 0.5) is 0 Å². The van der Waals surface area contributed by atoms with E-state index in [1.165, 1.54) is 64.2 Å². The molecule has 4 aliphatic rings. The molecule has 38 heavy (non-hydrogen) atoms. The van der Waals surface area contributed by atoms with Crippen molar-refractivity contribution in [2.45, 2.75) is 144 Å². The van der Waals surface area contributed by atoms with E-state index in [4.69, 9.17) is 4.84 Å². The van der Waals surface area contributed by atoms with Crippen LogP contribution >= 0.6 is 0 Å². The largest absolute Gasteiger partial charge is 0.393 e. The SMILES string of the molecule is CCCCCCC(C)C(C)CC(O)CON=C(C)C1CCC2C3CC=C4CC(O)CCC4(C)C3CCC12C. The summed E-state index contributed by atoms with van der Waals surface area (Å²) in [5.41, 5.74) is 3.29. The van der Waals surface area contributed by atoms with Gasteiger partial charge in [0, 0.05) is 5.92 Å². The zero-order chi connectivity index (χ0) is 27.5. The molecule has 0 aliphatic heterocycles. The number of fused-ring (bicyclic) bond motifs is 5. The van der Waals surface area contributed by atoms with Crippen molar-refractivity contribution >= 4 is 5.71 Å². The van der Waals surface area contributed by atoms with E-state index in [1.807, 2.05) is 0 Å². The molecule has 0 saturated heterocycles. The van der Waals surface area contributed by atoms with E-state index < -0.39 is 6.10 Å². The molecule has 0 amide bonds. The molecule has 2 N–H and O–H groups in total. The van der Waals surface area contributed by atoms with E-state index in [1.54, 1.807) is 5.57 Å². The van der Waals surface area contributed by atoms with Crippen LogP contribution in [0.2, 0.25) is 0 Å². The van der Waals surface area contributed by atoms with Crippen LogP contribution < -0.4 is 0 Å². The van der Waals surface area contributed by atoms with Crippen LogP contribution in [0.15, 0.2) is 16.8 Å². The number of oxime groups is 1. The molecule has 0 aromatic rings. The van der Waals surface area contributed by atoms with Gasteiger partial charge in [0.1, 0.15) is 6.61 Å². The first-order valence-corrected chi connectivity index (χ1v) is 16.3. The summed E-state index contributed by atoms with van der Waals surface area (Å²) in [5.74, 6) is 3.92. The highest BCUT2D eigenvalue weighted by molar-refractivity contribution is 5.85. The highest BCUT2D eigenvalue weighted by Gasteiger charge is 2.59. The number of allylic oxidation sites excluding steroid dienone is 1. The summed E-state index contributed by atoms with van der Waals surface area (Å²) in [6.07, 6.45) is 18.6. The Morgan fingerprint density at radius 2 is 1.84 bits per heavy atom. The molecule has 10 unspecified atom stereocenters. The lowest BCUT2D eigenvalue weighted by Gasteiger charge is -2.58. The van der Waals surface area contributed by atoms with Crippen molar-refractivity contribution in [2.75, 3.05) is 6.61 Å². The van der Waals surface area contributed by atoms with Gasteiger partial charge >= 0.3 is 0 Å². The monoisotopic (exact) mass is 529 g/mol. The predicted octanol–water partition coefficient (Wildman–Crippen LogP) is 8.31. The van der Waals surface area contributed by atoms with Crippen LogP contribution in [-0.2, 0) is 4.84 Å². The second kappa shape index (κ2) is 12.8. The lowest BCUT2D eigenvalue weighted by atomic mass is 9.47. The van der Waals surface area contributed by atoms with Gasteiger partial charge in [-0.3, -0.25) is 0 Å². The summed E-state index contributed by atoms with van der Waals surface area (Å²) in [4.78, 5) is 5.80. The van der Waals surface area contributed by atoms with E-state index in [-0.39, 0.29) is 6.10 Å². The molecule has 4 aliphatic carbocycles. The molecule has 4 nitrogen and oxygen atoms in total. The van der Waals surface area contributed by atoms with Crippen LogP contribution in [0, 0.1) is 46.3 Å². The smallest absolute Gasteiger partial charge is 0.143 e. The molecular formula is C34H59NO3. The fourth-order valence-electron chi connectivity index (χ4n) is 9.52. The van der Waals surface area contributed by atoms with Gasteiger partial charge in [0.2, 0.25) is 0 Å². The molecule has 0 bridgehead atoms. The maximum absolute atomic E-state index is 10.6. The van der Waals surface area contributed by atoms with E-state index in [2.05, 4.69) is 52.8 Å². The van der Waals surface area contributed by atoms with Gasteiger partial charge in [-0.1, -0.05) is 83.5 Å². The third-order valence-electron chi connectivity index (χ3n) is 12.2. The molecule has 218 valence electrons. The summed E-state index contributed by atoms with van der Waals surface area (Å²) in [7, 11) is 0. The third-order valence-corrected chi connectivity index (χ3v) is 12.2. The van der Waals surface area contributed by atoms with E-state index in [9.17, 15) is 10.2 Å². The molecule has 3 fully saturated rings. The Morgan fingerprint density at radius 3 is 2.61 bits per heavy atom. The lowest BCUT2D eigenvalue weighted by molar-refractivity contribution is -0.0429. The van der Waals surface area contributed by atoms with E-state index in [0.29, 0.717) is 35.2 Å². The average Bonchev–Trinajstić information content (AvgIpc) is 3.24. The summed E-state index contributed by atoms with van der Waals surface area (Å²) in [6.45, 7) is 14.4. The Bertz CT molecular complexity index is 838. The first kappa shape index (κ1) is 30.1. The van der Waals surface area contributed by atoms with Gasteiger partial charge < -0.3 is 15.1 Å². The molecule has 4 rings (SSSR count). The van der Waals surface area contributed by atoms with Gasteiger partial charge in [0.25, 0.3) is 0 Å². The van der Waals surface area contributed by atoms with E-state index >= 15 is 0 Å². The van der Waals surface area contributed by atoms with E-state index in [0.717, 1.165) is 49.1 Å². The third kappa shape index (κ3) is 6.22.